The maximum atomic E-state index is 12.2. The molecule has 0 radical (unpaired) electrons. The Labute approximate surface area is 106 Å². The third-order valence-electron chi connectivity index (χ3n) is 3.57. The van der Waals surface area contributed by atoms with Gasteiger partial charge in [-0.15, -0.1) is 0 Å². The van der Waals surface area contributed by atoms with E-state index in [0.29, 0.717) is 26.1 Å². The molecular weight excluding hydrogens is 234 g/mol. The molecule has 0 aromatic heterocycles. The lowest BCUT2D eigenvalue weighted by Crippen LogP contribution is -2.58. The first-order chi connectivity index (χ1) is 8.67. The van der Waals surface area contributed by atoms with Crippen LogP contribution in [0.3, 0.4) is 0 Å². The zero-order chi connectivity index (χ0) is 13.1. The van der Waals surface area contributed by atoms with Crippen LogP contribution in [0.5, 0.6) is 0 Å². The van der Waals surface area contributed by atoms with Gasteiger partial charge in [-0.2, -0.15) is 5.26 Å². The smallest absolute Gasteiger partial charge is 0.410 e. The molecule has 0 bridgehead atoms. The second kappa shape index (κ2) is 5.25. The van der Waals surface area contributed by atoms with Crippen LogP contribution < -0.4 is 0 Å². The Morgan fingerprint density at radius 3 is 2.67 bits per heavy atom. The molecule has 98 valence electrons. The predicted octanol–water partition coefficient (Wildman–Crippen LogP) is 0.589. The van der Waals surface area contributed by atoms with E-state index in [4.69, 9.17) is 10.00 Å². The molecule has 2 amide bonds. The number of hydrogen-bond donors (Lipinski definition) is 0. The van der Waals surface area contributed by atoms with Crippen molar-refractivity contribution >= 4 is 12.0 Å². The van der Waals surface area contributed by atoms with Crippen LogP contribution >= 0.6 is 0 Å². The Kier molecular flexibility index (Phi) is 3.70. The van der Waals surface area contributed by atoms with Gasteiger partial charge in [0.15, 0.2) is 0 Å². The zero-order valence-corrected chi connectivity index (χ0v) is 10.5. The summed E-state index contributed by atoms with van der Waals surface area (Å²) in [5.74, 6) is -0.101. The maximum Gasteiger partial charge on any atom is 0.410 e. The molecule has 2 fully saturated rings. The molecular formula is C12H17N3O3. The summed E-state index contributed by atoms with van der Waals surface area (Å²) in [6.07, 6.45) is 2.09. The molecule has 18 heavy (non-hydrogen) atoms. The van der Waals surface area contributed by atoms with Gasteiger partial charge in [-0.25, -0.2) is 4.79 Å². The molecule has 2 aliphatic rings. The largest absolute Gasteiger partial charge is 0.453 e. The Bertz CT molecular complexity index is 385. The van der Waals surface area contributed by atoms with Gasteiger partial charge in [0, 0.05) is 19.6 Å². The molecule has 0 aromatic rings. The first kappa shape index (κ1) is 12.7. The van der Waals surface area contributed by atoms with Gasteiger partial charge in [0.1, 0.15) is 6.04 Å². The van der Waals surface area contributed by atoms with Crippen molar-refractivity contribution in [2.45, 2.75) is 25.3 Å². The van der Waals surface area contributed by atoms with Gasteiger partial charge in [-0.05, 0) is 19.3 Å². The second-order valence-corrected chi connectivity index (χ2v) is 4.74. The minimum atomic E-state index is -0.439. The van der Waals surface area contributed by atoms with Gasteiger partial charge in [0.05, 0.1) is 19.1 Å². The molecule has 0 spiro atoms. The van der Waals surface area contributed by atoms with Gasteiger partial charge in [0.2, 0.25) is 5.91 Å². The maximum absolute atomic E-state index is 12.2. The van der Waals surface area contributed by atoms with Crippen LogP contribution in [0.4, 0.5) is 4.79 Å². The molecule has 2 heterocycles. The van der Waals surface area contributed by atoms with Crippen LogP contribution in [0, 0.1) is 17.2 Å². The topological polar surface area (TPSA) is 73.6 Å². The number of methoxy groups -OCH3 is 1. The van der Waals surface area contributed by atoms with E-state index < -0.39 is 12.1 Å². The Hall–Kier alpha value is -1.77. The number of nitrogens with zero attached hydrogens (tertiary/aromatic N) is 3. The number of hydrogen-bond acceptors (Lipinski definition) is 4. The van der Waals surface area contributed by atoms with Crippen LogP contribution in [-0.4, -0.2) is 54.6 Å². The van der Waals surface area contributed by atoms with E-state index >= 15 is 0 Å². The van der Waals surface area contributed by atoms with Crippen LogP contribution in [0.25, 0.3) is 0 Å². The Balaban J connectivity index is 1.99. The number of nitriles is 1. The summed E-state index contributed by atoms with van der Waals surface area (Å²) >= 11 is 0. The predicted molar refractivity (Wildman–Crippen MR) is 62.4 cm³/mol. The summed E-state index contributed by atoms with van der Waals surface area (Å²) in [4.78, 5) is 27.0. The highest BCUT2D eigenvalue weighted by atomic mass is 16.5. The molecule has 2 rings (SSSR count). The molecule has 6 nitrogen and oxygen atoms in total. The molecule has 1 atom stereocenters. The van der Waals surface area contributed by atoms with Crippen LogP contribution in [-0.2, 0) is 9.53 Å². The highest BCUT2D eigenvalue weighted by Gasteiger charge is 2.39. The summed E-state index contributed by atoms with van der Waals surface area (Å²) < 4.78 is 4.71. The monoisotopic (exact) mass is 251 g/mol. The minimum absolute atomic E-state index is 0.0494. The van der Waals surface area contributed by atoms with E-state index in [2.05, 4.69) is 6.07 Å². The van der Waals surface area contributed by atoms with E-state index in [1.807, 2.05) is 0 Å². The van der Waals surface area contributed by atoms with E-state index in [-0.39, 0.29) is 11.8 Å². The van der Waals surface area contributed by atoms with Gasteiger partial charge in [0.25, 0.3) is 0 Å². The number of amides is 2. The molecule has 2 saturated heterocycles. The van der Waals surface area contributed by atoms with E-state index in [0.717, 1.165) is 12.8 Å². The number of likely N-dealkylation sites (tertiary alicyclic amines) is 2. The van der Waals surface area contributed by atoms with Gasteiger partial charge in [-0.3, -0.25) is 9.69 Å². The highest BCUT2D eigenvalue weighted by Crippen LogP contribution is 2.23. The third kappa shape index (κ3) is 2.26. The Morgan fingerprint density at radius 1 is 1.33 bits per heavy atom. The van der Waals surface area contributed by atoms with Crippen LogP contribution in [0.2, 0.25) is 0 Å². The van der Waals surface area contributed by atoms with Crippen molar-refractivity contribution in [3.8, 4) is 6.07 Å². The summed E-state index contributed by atoms with van der Waals surface area (Å²) in [6.45, 7) is 1.54. The summed E-state index contributed by atoms with van der Waals surface area (Å²) in [5.41, 5.74) is 0. The van der Waals surface area contributed by atoms with E-state index in [9.17, 15) is 9.59 Å². The van der Waals surface area contributed by atoms with Crippen molar-refractivity contribution < 1.29 is 14.3 Å². The number of ether oxygens (including phenoxy) is 1. The van der Waals surface area contributed by atoms with Crippen molar-refractivity contribution in [1.29, 1.82) is 5.26 Å². The van der Waals surface area contributed by atoms with Gasteiger partial charge < -0.3 is 9.64 Å². The highest BCUT2D eigenvalue weighted by molar-refractivity contribution is 5.86. The first-order valence-corrected chi connectivity index (χ1v) is 6.20. The molecule has 0 N–H and O–H groups in total. The van der Waals surface area contributed by atoms with Crippen LogP contribution in [0.15, 0.2) is 0 Å². The normalized spacial score (nSPS) is 24.1. The second-order valence-electron chi connectivity index (χ2n) is 4.74. The van der Waals surface area contributed by atoms with Crippen molar-refractivity contribution in [3.63, 3.8) is 0 Å². The number of piperidine rings is 1. The molecule has 0 saturated carbocycles. The first-order valence-electron chi connectivity index (χ1n) is 6.20. The number of rotatable bonds is 1. The lowest BCUT2D eigenvalue weighted by molar-refractivity contribution is -0.142. The molecule has 0 aliphatic carbocycles. The summed E-state index contributed by atoms with van der Waals surface area (Å²) in [5, 5.41) is 8.70. The lowest BCUT2D eigenvalue weighted by atomic mass is 9.96. The third-order valence-corrected chi connectivity index (χ3v) is 3.57. The molecule has 1 unspecified atom stereocenters. The summed E-state index contributed by atoms with van der Waals surface area (Å²) in [6, 6.07) is 1.72. The fraction of sp³-hybridized carbons (Fsp3) is 0.750. The standard InChI is InChI=1S/C12H17N3O3/c1-18-12(17)15-5-3-2-4-10(15)11(16)14-7-9(6-13)8-14/h9-10H,2-5,7-8H2,1H3. The number of carbonyl (C=O) groups excluding carboxylic acids is 2. The average Bonchev–Trinajstić information content (AvgIpc) is 2.36. The fourth-order valence-electron chi connectivity index (χ4n) is 2.48. The van der Waals surface area contributed by atoms with E-state index in [1.54, 1.807) is 4.90 Å². The van der Waals surface area contributed by atoms with Crippen molar-refractivity contribution in [2.24, 2.45) is 5.92 Å². The Morgan fingerprint density at radius 2 is 2.06 bits per heavy atom. The van der Waals surface area contributed by atoms with Crippen molar-refractivity contribution in [3.05, 3.63) is 0 Å². The lowest BCUT2D eigenvalue weighted by Gasteiger charge is -2.41. The molecule has 0 aromatic carbocycles. The van der Waals surface area contributed by atoms with Crippen molar-refractivity contribution in [1.82, 2.24) is 9.80 Å². The quantitative estimate of drug-likeness (QED) is 0.683. The van der Waals surface area contributed by atoms with Crippen molar-refractivity contribution in [2.75, 3.05) is 26.7 Å². The van der Waals surface area contributed by atoms with E-state index in [1.165, 1.54) is 12.0 Å². The zero-order valence-electron chi connectivity index (χ0n) is 10.5. The van der Waals surface area contributed by atoms with Gasteiger partial charge >= 0.3 is 6.09 Å². The molecule has 2 aliphatic heterocycles. The summed E-state index contributed by atoms with van der Waals surface area (Å²) in [7, 11) is 1.33. The average molecular weight is 251 g/mol. The minimum Gasteiger partial charge on any atom is -0.453 e. The fourth-order valence-corrected chi connectivity index (χ4v) is 2.48. The SMILES string of the molecule is COC(=O)N1CCCCC1C(=O)N1CC(C#N)C1. The van der Waals surface area contributed by atoms with Gasteiger partial charge in [-0.1, -0.05) is 0 Å². The number of carbonyl (C=O) groups is 2. The molecule has 6 heteroatoms. The van der Waals surface area contributed by atoms with Crippen LogP contribution in [0.1, 0.15) is 19.3 Å².